The first-order chi connectivity index (χ1) is 8.63. The van der Waals surface area contributed by atoms with Crippen molar-refractivity contribution >= 4 is 5.97 Å². The standard InChI is InChI=1S/C13H26N2O3/c1-12(13(17)18)11-15(7-4-10-16)9-8-14-5-2-3-6-14/h12,16H,2-11H2,1H3,(H,17,18). The van der Waals surface area contributed by atoms with Gasteiger partial charge in [-0.3, -0.25) is 4.79 Å². The minimum absolute atomic E-state index is 0.168. The SMILES string of the molecule is CC(CN(CCCO)CCN1CCCC1)C(=O)O. The molecule has 0 amide bonds. The van der Waals surface area contributed by atoms with Crippen LogP contribution in [-0.2, 0) is 4.79 Å². The predicted octanol–water partition coefficient (Wildman–Crippen LogP) is 0.487. The van der Waals surface area contributed by atoms with E-state index in [1.165, 1.54) is 25.9 Å². The van der Waals surface area contributed by atoms with Crippen molar-refractivity contribution in [1.29, 1.82) is 0 Å². The largest absolute Gasteiger partial charge is 0.481 e. The molecule has 0 aliphatic carbocycles. The highest BCUT2D eigenvalue weighted by Crippen LogP contribution is 2.08. The van der Waals surface area contributed by atoms with Gasteiger partial charge in [-0.05, 0) is 32.4 Å². The number of likely N-dealkylation sites (tertiary alicyclic amines) is 1. The monoisotopic (exact) mass is 258 g/mol. The summed E-state index contributed by atoms with van der Waals surface area (Å²) in [7, 11) is 0. The first kappa shape index (κ1) is 15.4. The van der Waals surface area contributed by atoms with Crippen LogP contribution < -0.4 is 0 Å². The molecule has 0 radical (unpaired) electrons. The summed E-state index contributed by atoms with van der Waals surface area (Å²) in [5.74, 6) is -1.09. The molecule has 0 aromatic carbocycles. The average molecular weight is 258 g/mol. The van der Waals surface area contributed by atoms with Crippen LogP contribution in [0.15, 0.2) is 0 Å². The Hall–Kier alpha value is -0.650. The number of aliphatic hydroxyl groups is 1. The molecule has 1 atom stereocenters. The summed E-state index contributed by atoms with van der Waals surface area (Å²) < 4.78 is 0. The van der Waals surface area contributed by atoms with Crippen molar-refractivity contribution in [3.63, 3.8) is 0 Å². The molecule has 1 unspecified atom stereocenters. The summed E-state index contributed by atoms with van der Waals surface area (Å²) >= 11 is 0. The molecule has 0 spiro atoms. The van der Waals surface area contributed by atoms with Gasteiger partial charge in [0.2, 0.25) is 0 Å². The fourth-order valence-electron chi connectivity index (χ4n) is 2.34. The first-order valence-corrected chi connectivity index (χ1v) is 6.92. The number of carboxylic acids is 1. The zero-order valence-corrected chi connectivity index (χ0v) is 11.3. The van der Waals surface area contributed by atoms with Gasteiger partial charge in [-0.25, -0.2) is 0 Å². The van der Waals surface area contributed by atoms with Crippen molar-refractivity contribution in [2.24, 2.45) is 5.92 Å². The normalized spacial score (nSPS) is 18.4. The Kier molecular flexibility index (Phi) is 7.23. The van der Waals surface area contributed by atoms with Crippen molar-refractivity contribution in [2.45, 2.75) is 26.2 Å². The van der Waals surface area contributed by atoms with Crippen molar-refractivity contribution in [2.75, 3.05) is 45.9 Å². The van der Waals surface area contributed by atoms with Gasteiger partial charge in [0.05, 0.1) is 5.92 Å². The molecule has 106 valence electrons. The number of aliphatic carboxylic acids is 1. The molecule has 1 aliphatic heterocycles. The van der Waals surface area contributed by atoms with E-state index in [0.29, 0.717) is 13.0 Å². The van der Waals surface area contributed by atoms with Gasteiger partial charge in [0.25, 0.3) is 0 Å². The van der Waals surface area contributed by atoms with Crippen molar-refractivity contribution in [3.8, 4) is 0 Å². The van der Waals surface area contributed by atoms with E-state index in [1.807, 2.05) is 0 Å². The highest BCUT2D eigenvalue weighted by molar-refractivity contribution is 5.69. The van der Waals surface area contributed by atoms with Crippen LogP contribution in [0.2, 0.25) is 0 Å². The van der Waals surface area contributed by atoms with Crippen molar-refractivity contribution in [1.82, 2.24) is 9.80 Å². The van der Waals surface area contributed by atoms with E-state index in [9.17, 15) is 4.79 Å². The maximum Gasteiger partial charge on any atom is 0.307 e. The molecule has 1 saturated heterocycles. The highest BCUT2D eigenvalue weighted by Gasteiger charge is 2.17. The molecule has 1 heterocycles. The van der Waals surface area contributed by atoms with Crippen LogP contribution in [-0.4, -0.2) is 71.9 Å². The summed E-state index contributed by atoms with van der Waals surface area (Å²) in [5, 5.41) is 17.8. The van der Waals surface area contributed by atoms with Gasteiger partial charge in [-0.1, -0.05) is 6.92 Å². The van der Waals surface area contributed by atoms with E-state index in [4.69, 9.17) is 10.2 Å². The van der Waals surface area contributed by atoms with E-state index >= 15 is 0 Å². The average Bonchev–Trinajstić information content (AvgIpc) is 2.85. The fourth-order valence-corrected chi connectivity index (χ4v) is 2.34. The van der Waals surface area contributed by atoms with E-state index in [2.05, 4.69) is 9.80 Å². The summed E-state index contributed by atoms with van der Waals surface area (Å²) in [4.78, 5) is 15.5. The van der Waals surface area contributed by atoms with Gasteiger partial charge in [-0.2, -0.15) is 0 Å². The lowest BCUT2D eigenvalue weighted by molar-refractivity contribution is -0.141. The lowest BCUT2D eigenvalue weighted by Gasteiger charge is -2.26. The number of carbonyl (C=O) groups is 1. The quantitative estimate of drug-likeness (QED) is 0.630. The lowest BCUT2D eigenvalue weighted by atomic mass is 10.1. The van der Waals surface area contributed by atoms with Gasteiger partial charge in [0, 0.05) is 32.8 Å². The van der Waals surface area contributed by atoms with E-state index in [-0.39, 0.29) is 12.5 Å². The zero-order valence-electron chi connectivity index (χ0n) is 11.3. The van der Waals surface area contributed by atoms with Gasteiger partial charge in [-0.15, -0.1) is 0 Å². The third kappa shape index (κ3) is 5.80. The van der Waals surface area contributed by atoms with E-state index < -0.39 is 5.97 Å². The Morgan fingerprint density at radius 3 is 2.56 bits per heavy atom. The maximum absolute atomic E-state index is 10.9. The summed E-state index contributed by atoms with van der Waals surface area (Å²) in [6.07, 6.45) is 3.27. The Balaban J connectivity index is 2.31. The minimum atomic E-state index is -0.745. The second-order valence-corrected chi connectivity index (χ2v) is 5.17. The van der Waals surface area contributed by atoms with Crippen molar-refractivity contribution in [3.05, 3.63) is 0 Å². The fraction of sp³-hybridized carbons (Fsp3) is 0.923. The lowest BCUT2D eigenvalue weighted by Crippen LogP contribution is -2.38. The van der Waals surface area contributed by atoms with Gasteiger partial charge in [0.15, 0.2) is 0 Å². The Morgan fingerprint density at radius 1 is 1.33 bits per heavy atom. The zero-order chi connectivity index (χ0) is 13.4. The molecule has 2 N–H and O–H groups in total. The number of hydrogen-bond donors (Lipinski definition) is 2. The van der Waals surface area contributed by atoms with Crippen LogP contribution in [0.25, 0.3) is 0 Å². The first-order valence-electron chi connectivity index (χ1n) is 6.92. The molecular weight excluding hydrogens is 232 g/mol. The molecule has 5 heteroatoms. The Morgan fingerprint density at radius 2 is 2.00 bits per heavy atom. The Bertz CT molecular complexity index is 242. The number of hydrogen-bond acceptors (Lipinski definition) is 4. The number of carboxylic acid groups (broad SMARTS) is 1. The van der Waals surface area contributed by atoms with Gasteiger partial charge in [0.1, 0.15) is 0 Å². The third-order valence-corrected chi connectivity index (χ3v) is 3.52. The van der Waals surface area contributed by atoms with Crippen LogP contribution in [0.4, 0.5) is 0 Å². The molecule has 0 saturated carbocycles. The second-order valence-electron chi connectivity index (χ2n) is 5.17. The smallest absolute Gasteiger partial charge is 0.307 e. The molecule has 1 rings (SSSR count). The molecule has 5 nitrogen and oxygen atoms in total. The third-order valence-electron chi connectivity index (χ3n) is 3.52. The number of aliphatic hydroxyl groups excluding tert-OH is 1. The highest BCUT2D eigenvalue weighted by atomic mass is 16.4. The second kappa shape index (κ2) is 8.45. The van der Waals surface area contributed by atoms with Crippen molar-refractivity contribution < 1.29 is 15.0 Å². The topological polar surface area (TPSA) is 64.0 Å². The van der Waals surface area contributed by atoms with Crippen LogP contribution in [0.3, 0.4) is 0 Å². The minimum Gasteiger partial charge on any atom is -0.481 e. The molecular formula is C13H26N2O3. The molecule has 0 bridgehead atoms. The summed E-state index contributed by atoms with van der Waals surface area (Å²) in [6, 6.07) is 0. The van der Waals surface area contributed by atoms with Crippen LogP contribution in [0.1, 0.15) is 26.2 Å². The maximum atomic E-state index is 10.9. The van der Waals surface area contributed by atoms with Crippen LogP contribution in [0, 0.1) is 5.92 Å². The summed E-state index contributed by atoms with van der Waals surface area (Å²) in [6.45, 7) is 7.51. The van der Waals surface area contributed by atoms with Crippen LogP contribution in [0.5, 0.6) is 0 Å². The number of nitrogens with zero attached hydrogens (tertiary/aromatic N) is 2. The molecule has 1 aliphatic rings. The molecule has 0 aromatic rings. The molecule has 0 aromatic heterocycles. The summed E-state index contributed by atoms with van der Waals surface area (Å²) in [5.41, 5.74) is 0. The number of rotatable bonds is 9. The van der Waals surface area contributed by atoms with E-state index in [0.717, 1.165) is 19.6 Å². The van der Waals surface area contributed by atoms with Crippen LogP contribution >= 0.6 is 0 Å². The molecule has 1 fully saturated rings. The molecule has 18 heavy (non-hydrogen) atoms. The van der Waals surface area contributed by atoms with Gasteiger partial charge >= 0.3 is 5.97 Å². The predicted molar refractivity (Wildman–Crippen MR) is 70.6 cm³/mol. The van der Waals surface area contributed by atoms with E-state index in [1.54, 1.807) is 6.92 Å². The Labute approximate surface area is 109 Å². The van der Waals surface area contributed by atoms with Gasteiger partial charge < -0.3 is 20.0 Å².